The number of aliphatic hydroxyl groups is 1. The first-order valence-electron chi connectivity index (χ1n) is 6.36. The molecule has 0 saturated heterocycles. The van der Waals surface area contributed by atoms with E-state index in [0.717, 1.165) is 26.3 Å². The highest BCUT2D eigenvalue weighted by Gasteiger charge is 2.32. The third kappa shape index (κ3) is 5.78. The molecule has 7 heteroatoms. The van der Waals surface area contributed by atoms with Crippen LogP contribution in [-0.4, -0.2) is 66.8 Å². The van der Waals surface area contributed by atoms with E-state index in [4.69, 9.17) is 0 Å². The van der Waals surface area contributed by atoms with Crippen LogP contribution < -0.4 is 0 Å². The van der Waals surface area contributed by atoms with Crippen molar-refractivity contribution in [2.45, 2.75) is 31.5 Å². The molecule has 1 saturated carbocycles. The smallest absolute Gasteiger partial charge is 0.393 e. The molecule has 0 aromatic rings. The minimum Gasteiger partial charge on any atom is -0.393 e. The van der Waals surface area contributed by atoms with Crippen molar-refractivity contribution in [1.29, 1.82) is 0 Å². The van der Waals surface area contributed by atoms with Gasteiger partial charge in [-0.25, -0.2) is 0 Å². The lowest BCUT2D eigenvalue weighted by Crippen LogP contribution is -2.42. The van der Waals surface area contributed by atoms with Crippen LogP contribution >= 0.6 is 0 Å². The SMILES string of the molecule is CN(CC(=O)N(C)CC(F)(F)F)CC1CCCC1O. The number of hydrogen-bond acceptors (Lipinski definition) is 3. The average molecular weight is 282 g/mol. The van der Waals surface area contributed by atoms with Gasteiger partial charge in [-0.1, -0.05) is 6.42 Å². The predicted molar refractivity (Wildman–Crippen MR) is 64.5 cm³/mol. The van der Waals surface area contributed by atoms with E-state index in [1.807, 2.05) is 0 Å². The van der Waals surface area contributed by atoms with Gasteiger partial charge in [0.15, 0.2) is 0 Å². The van der Waals surface area contributed by atoms with E-state index in [2.05, 4.69) is 0 Å². The Morgan fingerprint density at radius 3 is 2.42 bits per heavy atom. The highest BCUT2D eigenvalue weighted by atomic mass is 19.4. The van der Waals surface area contributed by atoms with Gasteiger partial charge in [0, 0.05) is 13.6 Å². The summed E-state index contributed by atoms with van der Waals surface area (Å²) in [5, 5.41) is 9.66. The van der Waals surface area contributed by atoms with E-state index in [1.54, 1.807) is 11.9 Å². The number of amides is 1. The number of carbonyl (C=O) groups is 1. The molecule has 1 N–H and O–H groups in total. The van der Waals surface area contributed by atoms with Crippen LogP contribution in [0.25, 0.3) is 0 Å². The van der Waals surface area contributed by atoms with Crippen LogP contribution in [0.5, 0.6) is 0 Å². The fourth-order valence-electron chi connectivity index (χ4n) is 2.40. The van der Waals surface area contributed by atoms with E-state index in [0.29, 0.717) is 11.4 Å². The molecule has 2 atom stereocenters. The molecule has 0 aromatic heterocycles. The zero-order chi connectivity index (χ0) is 14.6. The second kappa shape index (κ2) is 6.56. The molecule has 0 heterocycles. The second-order valence-corrected chi connectivity index (χ2v) is 5.32. The number of likely N-dealkylation sites (N-methyl/N-ethyl adjacent to an activating group) is 2. The van der Waals surface area contributed by atoms with Gasteiger partial charge in [0.1, 0.15) is 6.54 Å². The summed E-state index contributed by atoms with van der Waals surface area (Å²) in [4.78, 5) is 14.0. The van der Waals surface area contributed by atoms with Crippen LogP contribution in [0.3, 0.4) is 0 Å². The maximum atomic E-state index is 12.1. The molecule has 1 aliphatic carbocycles. The first-order valence-corrected chi connectivity index (χ1v) is 6.36. The van der Waals surface area contributed by atoms with E-state index in [-0.39, 0.29) is 18.6 Å². The van der Waals surface area contributed by atoms with Gasteiger partial charge in [-0.2, -0.15) is 13.2 Å². The molecule has 0 aromatic carbocycles. The fraction of sp³-hybridized carbons (Fsp3) is 0.917. The Kier molecular flexibility index (Phi) is 5.61. The second-order valence-electron chi connectivity index (χ2n) is 5.32. The Morgan fingerprint density at radius 2 is 1.95 bits per heavy atom. The summed E-state index contributed by atoms with van der Waals surface area (Å²) in [6.07, 6.45) is -2.10. The molecular formula is C12H21F3N2O2. The molecule has 1 fully saturated rings. The van der Waals surface area contributed by atoms with Gasteiger partial charge in [0.25, 0.3) is 0 Å². The normalized spacial score (nSPS) is 23.9. The maximum absolute atomic E-state index is 12.1. The first kappa shape index (κ1) is 16.2. The van der Waals surface area contributed by atoms with Gasteiger partial charge < -0.3 is 10.0 Å². The zero-order valence-electron chi connectivity index (χ0n) is 11.3. The van der Waals surface area contributed by atoms with Gasteiger partial charge >= 0.3 is 6.18 Å². The van der Waals surface area contributed by atoms with Crippen molar-refractivity contribution in [2.75, 3.05) is 33.7 Å². The monoisotopic (exact) mass is 282 g/mol. The molecule has 0 radical (unpaired) electrons. The first-order chi connectivity index (χ1) is 8.69. The highest BCUT2D eigenvalue weighted by molar-refractivity contribution is 5.78. The van der Waals surface area contributed by atoms with Crippen molar-refractivity contribution in [3.05, 3.63) is 0 Å². The number of rotatable bonds is 5. The molecule has 2 unspecified atom stereocenters. The van der Waals surface area contributed by atoms with Gasteiger partial charge in [-0.15, -0.1) is 0 Å². The van der Waals surface area contributed by atoms with Crippen LogP contribution in [0.2, 0.25) is 0 Å². The van der Waals surface area contributed by atoms with E-state index < -0.39 is 18.6 Å². The molecule has 1 rings (SSSR count). The minimum absolute atomic E-state index is 0.0597. The predicted octanol–water partition coefficient (Wildman–Crippen LogP) is 1.10. The quantitative estimate of drug-likeness (QED) is 0.821. The number of hydrogen-bond donors (Lipinski definition) is 1. The van der Waals surface area contributed by atoms with E-state index in [9.17, 15) is 23.1 Å². The minimum atomic E-state index is -4.37. The van der Waals surface area contributed by atoms with Gasteiger partial charge in [0.2, 0.25) is 5.91 Å². The largest absolute Gasteiger partial charge is 0.406 e. The van der Waals surface area contributed by atoms with Crippen LogP contribution in [0.1, 0.15) is 19.3 Å². The maximum Gasteiger partial charge on any atom is 0.406 e. The van der Waals surface area contributed by atoms with Crippen molar-refractivity contribution in [2.24, 2.45) is 5.92 Å². The number of halogens is 3. The summed E-state index contributed by atoms with van der Waals surface area (Å²) in [6.45, 7) is -0.756. The topological polar surface area (TPSA) is 43.8 Å². The van der Waals surface area contributed by atoms with Crippen LogP contribution in [0.4, 0.5) is 13.2 Å². The lowest BCUT2D eigenvalue weighted by Gasteiger charge is -2.25. The number of alkyl halides is 3. The highest BCUT2D eigenvalue weighted by Crippen LogP contribution is 2.25. The summed E-state index contributed by atoms with van der Waals surface area (Å²) in [5.74, 6) is -0.446. The summed E-state index contributed by atoms with van der Waals surface area (Å²) < 4.78 is 36.4. The van der Waals surface area contributed by atoms with Gasteiger partial charge in [-0.05, 0) is 25.8 Å². The summed E-state index contributed by atoms with van der Waals surface area (Å²) in [6, 6.07) is 0. The molecule has 1 amide bonds. The Bertz CT molecular complexity index is 310. The Morgan fingerprint density at radius 1 is 1.32 bits per heavy atom. The van der Waals surface area contributed by atoms with Crippen molar-refractivity contribution in [3.63, 3.8) is 0 Å². The third-order valence-corrected chi connectivity index (χ3v) is 3.41. The molecule has 1 aliphatic rings. The van der Waals surface area contributed by atoms with Crippen LogP contribution in [0, 0.1) is 5.92 Å². The molecule has 0 bridgehead atoms. The summed E-state index contributed by atoms with van der Waals surface area (Å²) >= 11 is 0. The standard InChI is InChI=1S/C12H21F3N2O2/c1-16(6-9-4-3-5-10(9)18)7-11(19)17(2)8-12(13,14)15/h9-10,18H,3-8H2,1-2H3. The number of aliphatic hydroxyl groups excluding tert-OH is 1. The number of nitrogens with zero attached hydrogens (tertiary/aromatic N) is 2. The average Bonchev–Trinajstić information content (AvgIpc) is 2.61. The lowest BCUT2D eigenvalue weighted by atomic mass is 10.1. The zero-order valence-corrected chi connectivity index (χ0v) is 11.3. The fourth-order valence-corrected chi connectivity index (χ4v) is 2.40. The Hall–Kier alpha value is -0.820. The van der Waals surface area contributed by atoms with Gasteiger partial charge in [0.05, 0.1) is 12.6 Å². The van der Waals surface area contributed by atoms with E-state index >= 15 is 0 Å². The van der Waals surface area contributed by atoms with Crippen molar-refractivity contribution in [1.82, 2.24) is 9.80 Å². The Labute approximate surface area is 111 Å². The third-order valence-electron chi connectivity index (χ3n) is 3.41. The molecular weight excluding hydrogens is 261 g/mol. The van der Waals surface area contributed by atoms with Crippen LogP contribution in [-0.2, 0) is 4.79 Å². The summed E-state index contributed by atoms with van der Waals surface area (Å²) in [7, 11) is 2.83. The van der Waals surface area contributed by atoms with E-state index in [1.165, 1.54) is 0 Å². The summed E-state index contributed by atoms with van der Waals surface area (Å²) in [5.41, 5.74) is 0. The van der Waals surface area contributed by atoms with Crippen molar-refractivity contribution >= 4 is 5.91 Å². The van der Waals surface area contributed by atoms with Crippen molar-refractivity contribution in [3.8, 4) is 0 Å². The molecule has 112 valence electrons. The Balaban J connectivity index is 2.35. The van der Waals surface area contributed by atoms with Gasteiger partial charge in [-0.3, -0.25) is 9.69 Å². The molecule has 4 nitrogen and oxygen atoms in total. The molecule has 0 spiro atoms. The lowest BCUT2D eigenvalue weighted by molar-refractivity contribution is -0.158. The van der Waals surface area contributed by atoms with Crippen LogP contribution in [0.15, 0.2) is 0 Å². The van der Waals surface area contributed by atoms with Crippen molar-refractivity contribution < 1.29 is 23.1 Å². The number of carbonyl (C=O) groups excluding carboxylic acids is 1. The molecule has 19 heavy (non-hydrogen) atoms. The molecule has 0 aliphatic heterocycles.